The molecule has 0 spiro atoms. The summed E-state index contributed by atoms with van der Waals surface area (Å²) in [5, 5.41) is 3.87. The molecule has 3 aromatic rings. The van der Waals surface area contributed by atoms with E-state index in [0.29, 0.717) is 22.2 Å². The summed E-state index contributed by atoms with van der Waals surface area (Å²) in [6, 6.07) is 9.54. The number of nitrogens with zero attached hydrogens (tertiary/aromatic N) is 3. The molecule has 0 saturated heterocycles. The molecule has 0 radical (unpaired) electrons. The lowest BCUT2D eigenvalue weighted by Gasteiger charge is -2.14. The van der Waals surface area contributed by atoms with E-state index in [2.05, 4.69) is 14.7 Å². The molecule has 0 aliphatic heterocycles. The van der Waals surface area contributed by atoms with Crippen LogP contribution in [0.5, 0.6) is 0 Å². The van der Waals surface area contributed by atoms with Gasteiger partial charge in [0.25, 0.3) is 10.0 Å². The second-order valence-electron chi connectivity index (χ2n) is 6.52. The van der Waals surface area contributed by atoms with Crippen molar-refractivity contribution in [2.75, 3.05) is 4.72 Å². The van der Waals surface area contributed by atoms with E-state index in [9.17, 15) is 13.2 Å². The number of benzene rings is 2. The fraction of sp³-hybridized carbons (Fsp3) is 0.211. The summed E-state index contributed by atoms with van der Waals surface area (Å²) in [7, 11) is -3.89. The van der Waals surface area contributed by atoms with Gasteiger partial charge in [0.15, 0.2) is 0 Å². The zero-order valence-corrected chi connectivity index (χ0v) is 16.4. The lowest BCUT2D eigenvalue weighted by Crippen LogP contribution is -2.15. The van der Waals surface area contributed by atoms with Crippen molar-refractivity contribution in [1.82, 2.24) is 0 Å². The molecule has 3 rings (SSSR count). The molecule has 2 aromatic carbocycles. The Labute approximate surface area is 161 Å². The van der Waals surface area contributed by atoms with Gasteiger partial charge in [0.05, 0.1) is 17.1 Å². The van der Waals surface area contributed by atoms with Crippen LogP contribution in [0.2, 0.25) is 0 Å². The highest BCUT2D eigenvalue weighted by Crippen LogP contribution is 2.28. The Morgan fingerprint density at radius 3 is 2.54 bits per heavy atom. The lowest BCUT2D eigenvalue weighted by molar-refractivity contribution is 0.558. The van der Waals surface area contributed by atoms with Gasteiger partial charge in [-0.25, -0.2) is 13.2 Å². The van der Waals surface area contributed by atoms with Crippen LogP contribution in [-0.2, 0) is 16.6 Å². The summed E-state index contributed by atoms with van der Waals surface area (Å²) in [6.45, 7) is 5.28. The molecule has 0 bridgehead atoms. The van der Waals surface area contributed by atoms with Crippen LogP contribution in [0.3, 0.4) is 0 Å². The number of fused-ring (bicyclic) bond motifs is 1. The van der Waals surface area contributed by atoms with Gasteiger partial charge in [-0.2, -0.15) is 0 Å². The first-order chi connectivity index (χ1) is 13.2. The maximum Gasteiger partial charge on any atom is 0.336 e. The average Bonchev–Trinajstić information content (AvgIpc) is 2.61. The fourth-order valence-electron chi connectivity index (χ4n) is 3.01. The van der Waals surface area contributed by atoms with Crippen molar-refractivity contribution in [3.05, 3.63) is 79.5 Å². The number of rotatable bonds is 5. The van der Waals surface area contributed by atoms with Crippen molar-refractivity contribution >= 4 is 26.7 Å². The zero-order valence-electron chi connectivity index (χ0n) is 15.6. The summed E-state index contributed by atoms with van der Waals surface area (Å²) < 4.78 is 33.8. The van der Waals surface area contributed by atoms with E-state index in [-0.39, 0.29) is 17.0 Å². The van der Waals surface area contributed by atoms with Crippen molar-refractivity contribution in [3.63, 3.8) is 0 Å². The van der Waals surface area contributed by atoms with Crippen LogP contribution in [0, 0.1) is 20.8 Å². The van der Waals surface area contributed by atoms with E-state index in [1.807, 2.05) is 26.0 Å². The monoisotopic (exact) mass is 398 g/mol. The van der Waals surface area contributed by atoms with Gasteiger partial charge in [-0.3, -0.25) is 4.72 Å². The van der Waals surface area contributed by atoms with E-state index in [1.54, 1.807) is 13.0 Å². The first kappa shape index (κ1) is 19.5. The molecular formula is C19H18N4O4S. The van der Waals surface area contributed by atoms with Gasteiger partial charge >= 0.3 is 5.63 Å². The minimum Gasteiger partial charge on any atom is -0.423 e. The first-order valence-corrected chi connectivity index (χ1v) is 9.88. The van der Waals surface area contributed by atoms with Crippen molar-refractivity contribution in [2.24, 2.45) is 5.11 Å². The van der Waals surface area contributed by atoms with Gasteiger partial charge in [-0.1, -0.05) is 22.8 Å². The molecule has 0 saturated carbocycles. The maximum absolute atomic E-state index is 13.0. The van der Waals surface area contributed by atoms with E-state index in [4.69, 9.17) is 9.95 Å². The molecule has 8 nitrogen and oxygen atoms in total. The largest absolute Gasteiger partial charge is 0.423 e. The Balaban J connectivity index is 2.15. The van der Waals surface area contributed by atoms with Gasteiger partial charge in [0.1, 0.15) is 5.58 Å². The van der Waals surface area contributed by atoms with Crippen LogP contribution in [0.15, 0.2) is 55.6 Å². The predicted molar refractivity (Wildman–Crippen MR) is 107 cm³/mol. The highest BCUT2D eigenvalue weighted by atomic mass is 32.2. The molecule has 0 aliphatic rings. The molecule has 1 aromatic heterocycles. The second kappa shape index (κ2) is 7.38. The van der Waals surface area contributed by atoms with Crippen molar-refractivity contribution < 1.29 is 12.8 Å². The Hall–Kier alpha value is -3.29. The molecule has 9 heteroatoms. The molecular weight excluding hydrogens is 380 g/mol. The Kier molecular flexibility index (Phi) is 5.13. The van der Waals surface area contributed by atoms with Gasteiger partial charge in [-0.05, 0) is 61.2 Å². The third-order valence-electron chi connectivity index (χ3n) is 4.35. The quantitative estimate of drug-likeness (QED) is 0.297. The number of hydrogen-bond acceptors (Lipinski definition) is 5. The van der Waals surface area contributed by atoms with E-state index >= 15 is 0 Å². The number of azide groups is 1. The van der Waals surface area contributed by atoms with Crippen LogP contribution >= 0.6 is 0 Å². The Morgan fingerprint density at radius 2 is 1.86 bits per heavy atom. The molecule has 1 N–H and O–H groups in total. The summed E-state index contributed by atoms with van der Waals surface area (Å²) in [5.74, 6) is 0. The molecule has 0 fully saturated rings. The number of anilines is 1. The van der Waals surface area contributed by atoms with E-state index in [0.717, 1.165) is 11.1 Å². The number of hydrogen-bond donors (Lipinski definition) is 1. The summed E-state index contributed by atoms with van der Waals surface area (Å²) in [5.41, 5.74) is 11.3. The molecule has 144 valence electrons. The Bertz CT molecular complexity index is 1290. The topological polar surface area (TPSA) is 125 Å². The number of aryl methyl sites for hydroxylation is 3. The number of nitrogens with one attached hydrogen (secondary N) is 1. The summed E-state index contributed by atoms with van der Waals surface area (Å²) in [6.07, 6.45) is 0. The van der Waals surface area contributed by atoms with E-state index in [1.165, 1.54) is 18.2 Å². The minimum atomic E-state index is -3.89. The molecule has 0 unspecified atom stereocenters. The van der Waals surface area contributed by atoms with Crippen LogP contribution in [0.4, 0.5) is 5.69 Å². The predicted octanol–water partition coefficient (Wildman–Crippen LogP) is 4.33. The smallest absolute Gasteiger partial charge is 0.336 e. The molecule has 0 atom stereocenters. The highest BCUT2D eigenvalue weighted by molar-refractivity contribution is 7.92. The van der Waals surface area contributed by atoms with Gasteiger partial charge in [0, 0.05) is 16.4 Å². The third kappa shape index (κ3) is 3.85. The van der Waals surface area contributed by atoms with Gasteiger partial charge < -0.3 is 4.42 Å². The van der Waals surface area contributed by atoms with Crippen LogP contribution < -0.4 is 10.3 Å². The minimum absolute atomic E-state index is 0.0519. The molecule has 1 heterocycles. The summed E-state index contributed by atoms with van der Waals surface area (Å²) in [4.78, 5) is 14.5. The second-order valence-corrected chi connectivity index (χ2v) is 8.17. The van der Waals surface area contributed by atoms with Gasteiger partial charge in [-0.15, -0.1) is 0 Å². The number of sulfonamides is 1. The molecule has 0 amide bonds. The maximum atomic E-state index is 13.0. The highest BCUT2D eigenvalue weighted by Gasteiger charge is 2.20. The first-order valence-electron chi connectivity index (χ1n) is 8.39. The zero-order chi connectivity index (χ0) is 20.5. The van der Waals surface area contributed by atoms with Crippen molar-refractivity contribution in [1.29, 1.82) is 0 Å². The van der Waals surface area contributed by atoms with Crippen LogP contribution in [0.1, 0.15) is 22.3 Å². The van der Waals surface area contributed by atoms with Crippen LogP contribution in [0.25, 0.3) is 21.4 Å². The average molecular weight is 398 g/mol. The van der Waals surface area contributed by atoms with Crippen molar-refractivity contribution in [2.45, 2.75) is 32.2 Å². The van der Waals surface area contributed by atoms with Crippen LogP contribution in [-0.4, -0.2) is 8.42 Å². The van der Waals surface area contributed by atoms with E-state index < -0.39 is 15.6 Å². The standard InChI is InChI=1S/C19H18N4O4S/c1-11-4-5-16(12(2)6-11)22-28(25,26)18-9-15-14(10-21-23-20)8-19(24)27-17(15)7-13(18)3/h4-9,22H,10H2,1-3H3. The third-order valence-corrected chi connectivity index (χ3v) is 5.85. The lowest BCUT2D eigenvalue weighted by atomic mass is 10.1. The molecule has 28 heavy (non-hydrogen) atoms. The fourth-order valence-corrected chi connectivity index (χ4v) is 4.40. The Morgan fingerprint density at radius 1 is 1.11 bits per heavy atom. The SMILES string of the molecule is Cc1ccc(NS(=O)(=O)c2cc3c(CN=[N+]=[N-])cc(=O)oc3cc2C)c(C)c1. The normalized spacial score (nSPS) is 11.2. The summed E-state index contributed by atoms with van der Waals surface area (Å²) >= 11 is 0. The van der Waals surface area contributed by atoms with Gasteiger partial charge in [0.2, 0.25) is 0 Å². The molecule has 0 aliphatic carbocycles. The van der Waals surface area contributed by atoms with Crippen molar-refractivity contribution in [3.8, 4) is 0 Å².